The Morgan fingerprint density at radius 2 is 2.40 bits per heavy atom. The van der Waals surface area contributed by atoms with E-state index >= 15 is 0 Å². The average Bonchev–Trinajstić information content (AvgIpc) is 2.91. The van der Waals surface area contributed by atoms with Gasteiger partial charge < -0.3 is 24.5 Å². The molecule has 1 aromatic heterocycles. The lowest BCUT2D eigenvalue weighted by Gasteiger charge is -2.38. The summed E-state index contributed by atoms with van der Waals surface area (Å²) < 4.78 is 16.1. The van der Waals surface area contributed by atoms with Gasteiger partial charge in [-0.05, 0) is 25.5 Å². The minimum Gasteiger partial charge on any atom is -0.467 e. The van der Waals surface area contributed by atoms with E-state index in [0.717, 1.165) is 25.3 Å². The van der Waals surface area contributed by atoms with Crippen LogP contribution in [-0.2, 0) is 20.9 Å². The van der Waals surface area contributed by atoms with Gasteiger partial charge in [-0.1, -0.05) is 0 Å². The van der Waals surface area contributed by atoms with E-state index in [1.807, 2.05) is 19.1 Å². The van der Waals surface area contributed by atoms with Gasteiger partial charge in [0.05, 0.1) is 11.9 Å². The molecule has 6 nitrogen and oxygen atoms in total. The fourth-order valence-corrected chi connectivity index (χ4v) is 1.84. The van der Waals surface area contributed by atoms with Crippen molar-refractivity contribution >= 4 is 5.91 Å². The Bertz CT molecular complexity index is 401. The summed E-state index contributed by atoms with van der Waals surface area (Å²) in [6, 6.07) is 3.70. The topological polar surface area (TPSA) is 72.7 Å². The molecule has 0 aromatic carbocycles. The lowest BCUT2D eigenvalue weighted by Crippen LogP contribution is -2.59. The third kappa shape index (κ3) is 4.96. The Morgan fingerprint density at radius 3 is 3.05 bits per heavy atom. The standard InChI is InChI=1S/C14H22N2O4/c1-14(10-15-11-14)20-9-13(17)16-5-3-6-18-8-12-4-2-7-19-12/h2,4,7,15H,3,5-6,8-11H2,1H3,(H,16,17). The first-order chi connectivity index (χ1) is 9.68. The van der Waals surface area contributed by atoms with Gasteiger partial charge in [-0.2, -0.15) is 0 Å². The number of amides is 1. The summed E-state index contributed by atoms with van der Waals surface area (Å²) in [7, 11) is 0. The molecule has 0 radical (unpaired) electrons. The van der Waals surface area contributed by atoms with Gasteiger partial charge in [0.15, 0.2) is 0 Å². The molecule has 0 bridgehead atoms. The molecule has 1 aliphatic rings. The first-order valence-corrected chi connectivity index (χ1v) is 6.89. The van der Waals surface area contributed by atoms with Crippen LogP contribution in [0, 0.1) is 0 Å². The summed E-state index contributed by atoms with van der Waals surface area (Å²) in [5.74, 6) is 0.731. The predicted octanol–water partition coefficient (Wildman–Crippen LogP) is 0.681. The molecule has 1 aliphatic heterocycles. The first-order valence-electron chi connectivity index (χ1n) is 6.89. The van der Waals surface area contributed by atoms with Gasteiger partial charge in [0.2, 0.25) is 5.91 Å². The summed E-state index contributed by atoms with van der Waals surface area (Å²) >= 11 is 0. The van der Waals surface area contributed by atoms with Gasteiger partial charge in [-0.15, -0.1) is 0 Å². The number of furan rings is 1. The number of nitrogens with one attached hydrogen (secondary N) is 2. The normalized spacial score (nSPS) is 16.6. The molecule has 20 heavy (non-hydrogen) atoms. The highest BCUT2D eigenvalue weighted by Crippen LogP contribution is 2.14. The molecule has 1 saturated heterocycles. The zero-order valence-corrected chi connectivity index (χ0v) is 11.8. The highest BCUT2D eigenvalue weighted by molar-refractivity contribution is 5.77. The van der Waals surface area contributed by atoms with E-state index in [4.69, 9.17) is 13.9 Å². The Morgan fingerprint density at radius 1 is 1.55 bits per heavy atom. The van der Waals surface area contributed by atoms with Crippen LogP contribution in [0.3, 0.4) is 0 Å². The molecular formula is C14H22N2O4. The lowest BCUT2D eigenvalue weighted by atomic mass is 10.0. The second-order valence-corrected chi connectivity index (χ2v) is 5.18. The molecule has 0 spiro atoms. The molecule has 1 fully saturated rings. The number of rotatable bonds is 9. The van der Waals surface area contributed by atoms with Crippen LogP contribution in [0.1, 0.15) is 19.1 Å². The second kappa shape index (κ2) is 7.42. The van der Waals surface area contributed by atoms with E-state index < -0.39 is 0 Å². The smallest absolute Gasteiger partial charge is 0.246 e. The van der Waals surface area contributed by atoms with Gasteiger partial charge in [-0.3, -0.25) is 4.79 Å². The second-order valence-electron chi connectivity index (χ2n) is 5.18. The van der Waals surface area contributed by atoms with Gasteiger partial charge >= 0.3 is 0 Å². The molecule has 6 heteroatoms. The molecular weight excluding hydrogens is 260 g/mol. The molecule has 0 atom stereocenters. The Hall–Kier alpha value is -1.37. The number of hydrogen-bond acceptors (Lipinski definition) is 5. The Kier molecular flexibility index (Phi) is 5.58. The summed E-state index contributed by atoms with van der Waals surface area (Å²) in [5, 5.41) is 5.93. The van der Waals surface area contributed by atoms with Gasteiger partial charge in [-0.25, -0.2) is 0 Å². The first kappa shape index (κ1) is 15.0. The maximum atomic E-state index is 11.5. The van der Waals surface area contributed by atoms with Crippen LogP contribution in [-0.4, -0.2) is 44.4 Å². The van der Waals surface area contributed by atoms with Crippen LogP contribution in [0.4, 0.5) is 0 Å². The fraction of sp³-hybridized carbons (Fsp3) is 0.643. The summed E-state index contributed by atoms with van der Waals surface area (Å²) in [6.45, 7) is 5.38. The van der Waals surface area contributed by atoms with Crippen molar-refractivity contribution in [3.05, 3.63) is 24.2 Å². The summed E-state index contributed by atoms with van der Waals surface area (Å²) in [4.78, 5) is 11.5. The minimum atomic E-state index is -0.177. The maximum absolute atomic E-state index is 11.5. The monoisotopic (exact) mass is 282 g/mol. The quantitative estimate of drug-likeness (QED) is 0.652. The van der Waals surface area contributed by atoms with Crippen LogP contribution in [0.2, 0.25) is 0 Å². The molecule has 0 saturated carbocycles. The molecule has 2 N–H and O–H groups in total. The molecule has 1 amide bonds. The molecule has 2 rings (SSSR count). The van der Waals surface area contributed by atoms with Crippen molar-refractivity contribution in [1.29, 1.82) is 0 Å². The van der Waals surface area contributed by atoms with E-state index in [-0.39, 0.29) is 18.1 Å². The number of ether oxygens (including phenoxy) is 2. The van der Waals surface area contributed by atoms with Crippen molar-refractivity contribution in [1.82, 2.24) is 10.6 Å². The molecule has 1 aromatic rings. The van der Waals surface area contributed by atoms with E-state index in [1.54, 1.807) is 6.26 Å². The zero-order chi connectivity index (χ0) is 14.3. The average molecular weight is 282 g/mol. The Labute approximate surface area is 118 Å². The van der Waals surface area contributed by atoms with Crippen molar-refractivity contribution in [2.75, 3.05) is 32.8 Å². The third-order valence-electron chi connectivity index (χ3n) is 3.16. The molecule has 2 heterocycles. The fourth-order valence-electron chi connectivity index (χ4n) is 1.84. The van der Waals surface area contributed by atoms with Crippen LogP contribution in [0.15, 0.2) is 22.8 Å². The van der Waals surface area contributed by atoms with Crippen LogP contribution in [0.25, 0.3) is 0 Å². The van der Waals surface area contributed by atoms with E-state index in [0.29, 0.717) is 19.8 Å². The van der Waals surface area contributed by atoms with Crippen molar-refractivity contribution in [3.8, 4) is 0 Å². The van der Waals surface area contributed by atoms with Crippen LogP contribution < -0.4 is 10.6 Å². The SMILES string of the molecule is CC1(OCC(=O)NCCCOCc2ccco2)CNC1. The summed E-state index contributed by atoms with van der Waals surface area (Å²) in [5.41, 5.74) is -0.177. The largest absolute Gasteiger partial charge is 0.467 e. The number of carbonyl (C=O) groups excluding carboxylic acids is 1. The summed E-state index contributed by atoms with van der Waals surface area (Å²) in [6.07, 6.45) is 2.39. The molecule has 0 aliphatic carbocycles. The van der Waals surface area contributed by atoms with Gasteiger partial charge in [0, 0.05) is 26.2 Å². The highest BCUT2D eigenvalue weighted by atomic mass is 16.5. The predicted molar refractivity (Wildman–Crippen MR) is 73.2 cm³/mol. The number of hydrogen-bond donors (Lipinski definition) is 2. The molecule has 0 unspecified atom stereocenters. The lowest BCUT2D eigenvalue weighted by molar-refractivity contribution is -0.135. The minimum absolute atomic E-state index is 0.0795. The third-order valence-corrected chi connectivity index (χ3v) is 3.16. The van der Waals surface area contributed by atoms with Crippen molar-refractivity contribution in [2.45, 2.75) is 25.6 Å². The van der Waals surface area contributed by atoms with Gasteiger partial charge in [0.25, 0.3) is 0 Å². The van der Waals surface area contributed by atoms with E-state index in [2.05, 4.69) is 10.6 Å². The molecule has 112 valence electrons. The van der Waals surface area contributed by atoms with Crippen molar-refractivity contribution in [2.24, 2.45) is 0 Å². The van der Waals surface area contributed by atoms with Gasteiger partial charge in [0.1, 0.15) is 19.0 Å². The number of carbonyl (C=O) groups is 1. The van der Waals surface area contributed by atoms with Crippen LogP contribution in [0.5, 0.6) is 0 Å². The van der Waals surface area contributed by atoms with Crippen molar-refractivity contribution in [3.63, 3.8) is 0 Å². The zero-order valence-electron chi connectivity index (χ0n) is 11.8. The van der Waals surface area contributed by atoms with Crippen molar-refractivity contribution < 1.29 is 18.7 Å². The maximum Gasteiger partial charge on any atom is 0.246 e. The van der Waals surface area contributed by atoms with Crippen LogP contribution >= 0.6 is 0 Å². The highest BCUT2D eigenvalue weighted by Gasteiger charge is 2.32. The van der Waals surface area contributed by atoms with E-state index in [1.165, 1.54) is 0 Å². The Balaban J connectivity index is 1.43. The van der Waals surface area contributed by atoms with E-state index in [9.17, 15) is 4.79 Å².